The number of esters is 1. The average molecular weight is 330 g/mol. The van der Waals surface area contributed by atoms with Gasteiger partial charge in [0.2, 0.25) is 5.91 Å². The maximum atomic E-state index is 13.2. The molecular weight excluding hydrogens is 304 g/mol. The smallest absolute Gasteiger partial charge is 0.328 e. The second-order valence-electron chi connectivity index (χ2n) is 7.53. The van der Waals surface area contributed by atoms with Crippen LogP contribution in [0.4, 0.5) is 0 Å². The molecule has 5 heteroatoms. The molecule has 1 fully saturated rings. The lowest BCUT2D eigenvalue weighted by molar-refractivity contribution is -0.158. The molecule has 0 aliphatic carbocycles. The fourth-order valence-electron chi connectivity index (χ4n) is 4.16. The van der Waals surface area contributed by atoms with Crippen LogP contribution >= 0.6 is 0 Å². The Morgan fingerprint density at radius 3 is 2.46 bits per heavy atom. The predicted molar refractivity (Wildman–Crippen MR) is 91.0 cm³/mol. The van der Waals surface area contributed by atoms with Gasteiger partial charge in [0.25, 0.3) is 0 Å². The molecule has 24 heavy (non-hydrogen) atoms. The van der Waals surface area contributed by atoms with Gasteiger partial charge in [-0.3, -0.25) is 9.69 Å². The Morgan fingerprint density at radius 1 is 1.25 bits per heavy atom. The molecule has 0 aromatic heterocycles. The Balaban J connectivity index is 2.01. The SMILES string of the molecule is COC(=O)[C@H](C(C)C)N1C(=O)[C@@H]2Cc3ccccc3CN2C1(C)C. The van der Waals surface area contributed by atoms with Gasteiger partial charge >= 0.3 is 5.97 Å². The molecule has 0 saturated carbocycles. The van der Waals surface area contributed by atoms with Gasteiger partial charge < -0.3 is 9.64 Å². The highest BCUT2D eigenvalue weighted by molar-refractivity contribution is 5.90. The molecule has 2 atom stereocenters. The van der Waals surface area contributed by atoms with Gasteiger partial charge in [-0.05, 0) is 37.3 Å². The van der Waals surface area contributed by atoms with Crippen LogP contribution in [0.15, 0.2) is 24.3 Å². The van der Waals surface area contributed by atoms with Gasteiger partial charge in [0.1, 0.15) is 6.04 Å². The van der Waals surface area contributed by atoms with Crippen LogP contribution in [0.5, 0.6) is 0 Å². The number of ether oxygens (including phenoxy) is 1. The molecular formula is C19H26N2O3. The zero-order chi connectivity index (χ0) is 17.6. The number of hydrogen-bond acceptors (Lipinski definition) is 4. The number of rotatable bonds is 3. The number of nitrogens with zero attached hydrogens (tertiary/aromatic N) is 2. The normalized spacial score (nSPS) is 23.8. The summed E-state index contributed by atoms with van der Waals surface area (Å²) in [4.78, 5) is 29.5. The summed E-state index contributed by atoms with van der Waals surface area (Å²) in [5.74, 6) is -0.327. The van der Waals surface area contributed by atoms with E-state index in [0.29, 0.717) is 6.42 Å². The molecule has 1 saturated heterocycles. The Morgan fingerprint density at radius 2 is 1.88 bits per heavy atom. The minimum atomic E-state index is -0.564. The molecule has 1 aromatic carbocycles. The minimum Gasteiger partial charge on any atom is -0.467 e. The lowest BCUT2D eigenvalue weighted by Gasteiger charge is -2.43. The first-order valence-corrected chi connectivity index (χ1v) is 8.53. The quantitative estimate of drug-likeness (QED) is 0.797. The highest BCUT2D eigenvalue weighted by Crippen LogP contribution is 2.40. The lowest BCUT2D eigenvalue weighted by Crippen LogP contribution is -2.57. The van der Waals surface area contributed by atoms with E-state index in [1.54, 1.807) is 4.90 Å². The van der Waals surface area contributed by atoms with E-state index in [2.05, 4.69) is 17.0 Å². The topological polar surface area (TPSA) is 49.9 Å². The van der Waals surface area contributed by atoms with Crippen LogP contribution < -0.4 is 0 Å². The molecule has 0 unspecified atom stereocenters. The van der Waals surface area contributed by atoms with E-state index in [1.165, 1.54) is 18.2 Å². The fraction of sp³-hybridized carbons (Fsp3) is 0.579. The number of methoxy groups -OCH3 is 1. The van der Waals surface area contributed by atoms with Gasteiger partial charge in [0.05, 0.1) is 18.8 Å². The van der Waals surface area contributed by atoms with Gasteiger partial charge in [-0.1, -0.05) is 38.1 Å². The summed E-state index contributed by atoms with van der Waals surface area (Å²) in [6, 6.07) is 7.49. The number of fused-ring (bicyclic) bond motifs is 2. The summed E-state index contributed by atoms with van der Waals surface area (Å²) in [6.45, 7) is 8.68. The fourth-order valence-corrected chi connectivity index (χ4v) is 4.16. The third-order valence-corrected chi connectivity index (χ3v) is 5.42. The molecule has 5 nitrogen and oxygen atoms in total. The van der Waals surface area contributed by atoms with Crippen LogP contribution in [-0.4, -0.2) is 46.5 Å². The second kappa shape index (κ2) is 5.88. The van der Waals surface area contributed by atoms with Crippen molar-refractivity contribution in [3.63, 3.8) is 0 Å². The monoisotopic (exact) mass is 330 g/mol. The Labute approximate surface area is 143 Å². The molecule has 0 spiro atoms. The zero-order valence-corrected chi connectivity index (χ0v) is 15.1. The van der Waals surface area contributed by atoms with E-state index < -0.39 is 11.7 Å². The summed E-state index contributed by atoms with van der Waals surface area (Å²) in [7, 11) is 1.38. The van der Waals surface area contributed by atoms with Crippen molar-refractivity contribution < 1.29 is 14.3 Å². The van der Waals surface area contributed by atoms with Crippen molar-refractivity contribution in [3.8, 4) is 0 Å². The molecule has 1 aromatic rings. The summed E-state index contributed by atoms with van der Waals surface area (Å²) < 4.78 is 4.99. The van der Waals surface area contributed by atoms with E-state index in [4.69, 9.17) is 4.74 Å². The maximum Gasteiger partial charge on any atom is 0.328 e. The summed E-state index contributed by atoms with van der Waals surface area (Å²) in [5.41, 5.74) is 1.96. The molecule has 1 amide bonds. The first-order valence-electron chi connectivity index (χ1n) is 8.53. The van der Waals surface area contributed by atoms with Crippen molar-refractivity contribution in [1.29, 1.82) is 0 Å². The van der Waals surface area contributed by atoms with Gasteiger partial charge in [-0.2, -0.15) is 0 Å². The Hall–Kier alpha value is -1.88. The van der Waals surface area contributed by atoms with Crippen molar-refractivity contribution in [1.82, 2.24) is 9.80 Å². The van der Waals surface area contributed by atoms with Crippen molar-refractivity contribution in [3.05, 3.63) is 35.4 Å². The van der Waals surface area contributed by atoms with Gasteiger partial charge in [-0.25, -0.2) is 4.79 Å². The number of carbonyl (C=O) groups excluding carboxylic acids is 2. The van der Waals surface area contributed by atoms with E-state index in [9.17, 15) is 9.59 Å². The summed E-state index contributed by atoms with van der Waals surface area (Å²) >= 11 is 0. The number of benzene rings is 1. The average Bonchev–Trinajstić information content (AvgIpc) is 2.73. The molecule has 0 bridgehead atoms. The van der Waals surface area contributed by atoms with E-state index in [0.717, 1.165) is 6.54 Å². The molecule has 130 valence electrons. The first kappa shape index (κ1) is 17.0. The van der Waals surface area contributed by atoms with Crippen LogP contribution in [0, 0.1) is 5.92 Å². The summed E-state index contributed by atoms with van der Waals surface area (Å²) in [6.07, 6.45) is 0.695. The van der Waals surface area contributed by atoms with E-state index in [1.807, 2.05) is 39.8 Å². The van der Waals surface area contributed by atoms with Crippen molar-refractivity contribution in [2.75, 3.05) is 7.11 Å². The maximum absolute atomic E-state index is 13.2. The Bertz CT molecular complexity index is 668. The zero-order valence-electron chi connectivity index (χ0n) is 15.1. The molecule has 2 aliphatic rings. The lowest BCUT2D eigenvalue weighted by atomic mass is 9.94. The molecule has 0 N–H and O–H groups in total. The highest BCUT2D eigenvalue weighted by atomic mass is 16.5. The van der Waals surface area contributed by atoms with Crippen molar-refractivity contribution in [2.24, 2.45) is 5.92 Å². The van der Waals surface area contributed by atoms with Crippen LogP contribution in [0.3, 0.4) is 0 Å². The predicted octanol–water partition coefficient (Wildman–Crippen LogP) is 2.19. The molecule has 2 heterocycles. The summed E-state index contributed by atoms with van der Waals surface area (Å²) in [5, 5.41) is 0. The van der Waals surface area contributed by atoms with Crippen molar-refractivity contribution >= 4 is 11.9 Å². The molecule has 2 aliphatic heterocycles. The van der Waals surface area contributed by atoms with Crippen molar-refractivity contribution in [2.45, 2.75) is 58.4 Å². The highest BCUT2D eigenvalue weighted by Gasteiger charge is 2.56. The number of carbonyl (C=O) groups is 2. The third-order valence-electron chi connectivity index (χ3n) is 5.42. The molecule has 0 radical (unpaired) electrons. The van der Waals surface area contributed by atoms with Crippen LogP contribution in [0.25, 0.3) is 0 Å². The van der Waals surface area contributed by atoms with Gasteiger partial charge in [0.15, 0.2) is 0 Å². The van der Waals surface area contributed by atoms with Gasteiger partial charge in [-0.15, -0.1) is 0 Å². The standard InChI is InChI=1S/C19H26N2O3/c1-12(2)16(18(23)24-5)21-17(22)15-10-13-8-6-7-9-14(13)11-20(15)19(21,3)4/h6-9,12,15-16H,10-11H2,1-5H3/t15-,16-/m0/s1. The van der Waals surface area contributed by atoms with Crippen LogP contribution in [0.1, 0.15) is 38.8 Å². The second-order valence-corrected chi connectivity index (χ2v) is 7.53. The third kappa shape index (κ3) is 2.42. The first-order chi connectivity index (χ1) is 11.3. The number of hydrogen-bond donors (Lipinski definition) is 0. The van der Waals surface area contributed by atoms with Gasteiger partial charge in [0, 0.05) is 6.54 Å². The molecule has 3 rings (SSSR count). The van der Waals surface area contributed by atoms with E-state index in [-0.39, 0.29) is 23.8 Å². The van der Waals surface area contributed by atoms with E-state index >= 15 is 0 Å². The van der Waals surface area contributed by atoms with Crippen LogP contribution in [-0.2, 0) is 27.3 Å². The minimum absolute atomic E-state index is 0.00981. The number of amides is 1. The Kier molecular flexibility index (Phi) is 4.16. The van der Waals surface area contributed by atoms with Crippen LogP contribution in [0.2, 0.25) is 0 Å². The largest absolute Gasteiger partial charge is 0.467 e.